The summed E-state index contributed by atoms with van der Waals surface area (Å²) in [6.07, 6.45) is 4.89. The molecule has 7 heteroatoms. The highest BCUT2D eigenvalue weighted by Crippen LogP contribution is 2.34. The summed E-state index contributed by atoms with van der Waals surface area (Å²) in [6.45, 7) is 3.51. The van der Waals surface area contributed by atoms with E-state index in [0.29, 0.717) is 18.1 Å². The van der Waals surface area contributed by atoms with Gasteiger partial charge in [0, 0.05) is 19.6 Å². The van der Waals surface area contributed by atoms with Crippen molar-refractivity contribution in [1.29, 1.82) is 0 Å². The van der Waals surface area contributed by atoms with E-state index in [-0.39, 0.29) is 18.5 Å². The smallest absolute Gasteiger partial charge is 0.229 e. The zero-order valence-corrected chi connectivity index (χ0v) is 15.8. The third-order valence-electron chi connectivity index (χ3n) is 5.28. The molecule has 1 aromatic carbocycles. The molecule has 142 valence electrons. The van der Waals surface area contributed by atoms with Gasteiger partial charge in [-0.2, -0.15) is 4.98 Å². The van der Waals surface area contributed by atoms with Crippen LogP contribution in [-0.4, -0.2) is 40.8 Å². The zero-order valence-electron chi connectivity index (χ0n) is 15.0. The molecule has 2 N–H and O–H groups in total. The van der Waals surface area contributed by atoms with Gasteiger partial charge in [0.25, 0.3) is 0 Å². The molecule has 0 spiro atoms. The van der Waals surface area contributed by atoms with Gasteiger partial charge in [-0.25, -0.2) is 0 Å². The number of hydrogen-bond donors (Lipinski definition) is 1. The Morgan fingerprint density at radius 3 is 2.73 bits per heavy atom. The van der Waals surface area contributed by atoms with Crippen molar-refractivity contribution >= 4 is 12.4 Å². The average molecular weight is 379 g/mol. The fourth-order valence-electron chi connectivity index (χ4n) is 3.85. The van der Waals surface area contributed by atoms with Gasteiger partial charge in [0.2, 0.25) is 5.89 Å². The summed E-state index contributed by atoms with van der Waals surface area (Å²) in [5, 5.41) is 4.14. The first-order chi connectivity index (χ1) is 12.2. The molecule has 0 amide bonds. The molecule has 1 aliphatic heterocycles. The standard InChI is InChI=1S/C19H26N4O2.ClH/c20-19(8-4-5-9-19)18-21-17(25-22-18)12-16-14-23(10-11-24-16)13-15-6-2-1-3-7-15;/h1-3,6-7,16H,4-5,8-14,20H2;1H. The van der Waals surface area contributed by atoms with Gasteiger partial charge in [-0.1, -0.05) is 48.3 Å². The lowest BCUT2D eigenvalue weighted by atomic mass is 9.99. The fourth-order valence-corrected chi connectivity index (χ4v) is 3.85. The van der Waals surface area contributed by atoms with Crippen LogP contribution < -0.4 is 5.73 Å². The Bertz CT molecular complexity index is 688. The van der Waals surface area contributed by atoms with E-state index in [1.807, 2.05) is 6.07 Å². The first-order valence-electron chi connectivity index (χ1n) is 9.21. The van der Waals surface area contributed by atoms with Gasteiger partial charge in [-0.05, 0) is 18.4 Å². The van der Waals surface area contributed by atoms with Crippen LogP contribution in [0.1, 0.15) is 43.0 Å². The Labute approximate surface area is 160 Å². The molecule has 1 unspecified atom stereocenters. The molecule has 2 heterocycles. The lowest BCUT2D eigenvalue weighted by molar-refractivity contribution is -0.0335. The lowest BCUT2D eigenvalue weighted by Crippen LogP contribution is -2.42. The van der Waals surface area contributed by atoms with Crippen LogP contribution in [0.5, 0.6) is 0 Å². The second-order valence-corrected chi connectivity index (χ2v) is 7.29. The summed E-state index contributed by atoms with van der Waals surface area (Å²) in [5.41, 5.74) is 7.34. The first kappa shape index (κ1) is 19.3. The van der Waals surface area contributed by atoms with Crippen LogP contribution in [0.25, 0.3) is 0 Å². The van der Waals surface area contributed by atoms with Crippen molar-refractivity contribution in [1.82, 2.24) is 15.0 Å². The number of nitrogens with two attached hydrogens (primary N) is 1. The number of morpholine rings is 1. The Morgan fingerprint density at radius 1 is 1.19 bits per heavy atom. The quantitative estimate of drug-likeness (QED) is 0.861. The Hall–Kier alpha value is -1.47. The minimum absolute atomic E-state index is 0. The van der Waals surface area contributed by atoms with Crippen LogP contribution in [-0.2, 0) is 23.2 Å². The molecule has 1 aromatic heterocycles. The zero-order chi connectivity index (χ0) is 17.1. The number of halogens is 1. The van der Waals surface area contributed by atoms with Gasteiger partial charge >= 0.3 is 0 Å². The van der Waals surface area contributed by atoms with Gasteiger partial charge in [0.15, 0.2) is 5.82 Å². The lowest BCUT2D eigenvalue weighted by Gasteiger charge is -2.32. The van der Waals surface area contributed by atoms with E-state index >= 15 is 0 Å². The number of rotatable bonds is 5. The number of benzene rings is 1. The Kier molecular flexibility index (Phi) is 6.29. The molecule has 26 heavy (non-hydrogen) atoms. The molecule has 2 aliphatic rings. The van der Waals surface area contributed by atoms with Gasteiger partial charge in [-0.15, -0.1) is 12.4 Å². The highest BCUT2D eigenvalue weighted by Gasteiger charge is 2.36. The van der Waals surface area contributed by atoms with Crippen molar-refractivity contribution in [3.05, 3.63) is 47.6 Å². The fraction of sp³-hybridized carbons (Fsp3) is 0.579. The molecule has 6 nitrogen and oxygen atoms in total. The molecule has 2 fully saturated rings. The number of ether oxygens (including phenoxy) is 1. The minimum atomic E-state index is -0.394. The predicted octanol–water partition coefficient (Wildman–Crippen LogP) is 2.66. The van der Waals surface area contributed by atoms with Crippen molar-refractivity contribution in [2.24, 2.45) is 5.73 Å². The molecular formula is C19H27ClN4O2. The van der Waals surface area contributed by atoms with E-state index in [4.69, 9.17) is 15.0 Å². The van der Waals surface area contributed by atoms with Gasteiger partial charge in [0.05, 0.1) is 24.7 Å². The second kappa shape index (κ2) is 8.48. The van der Waals surface area contributed by atoms with E-state index in [2.05, 4.69) is 39.3 Å². The van der Waals surface area contributed by atoms with E-state index in [1.165, 1.54) is 5.56 Å². The van der Waals surface area contributed by atoms with E-state index in [9.17, 15) is 0 Å². The molecule has 4 rings (SSSR count). The van der Waals surface area contributed by atoms with Crippen molar-refractivity contribution < 1.29 is 9.26 Å². The molecule has 1 saturated carbocycles. The minimum Gasteiger partial charge on any atom is -0.375 e. The Morgan fingerprint density at radius 2 is 1.96 bits per heavy atom. The van der Waals surface area contributed by atoms with Gasteiger partial charge in [0.1, 0.15) is 0 Å². The van der Waals surface area contributed by atoms with Crippen LogP contribution in [0.4, 0.5) is 0 Å². The van der Waals surface area contributed by atoms with Crippen molar-refractivity contribution in [2.75, 3.05) is 19.7 Å². The summed E-state index contributed by atoms with van der Waals surface area (Å²) < 4.78 is 11.4. The normalized spacial score (nSPS) is 22.9. The largest absolute Gasteiger partial charge is 0.375 e. The highest BCUT2D eigenvalue weighted by atomic mass is 35.5. The summed E-state index contributed by atoms with van der Waals surface area (Å²) >= 11 is 0. The van der Waals surface area contributed by atoms with Crippen LogP contribution in [0.15, 0.2) is 34.9 Å². The number of aromatic nitrogens is 2. The maximum absolute atomic E-state index is 6.41. The number of nitrogens with zero attached hydrogens (tertiary/aromatic N) is 3. The third kappa shape index (κ3) is 4.43. The SMILES string of the molecule is Cl.NC1(c2noc(CC3CN(Cc4ccccc4)CCO3)n2)CCCC1. The van der Waals surface area contributed by atoms with Crippen LogP contribution in [0, 0.1) is 0 Å². The van der Waals surface area contributed by atoms with E-state index in [0.717, 1.165) is 51.9 Å². The molecule has 1 aliphatic carbocycles. The second-order valence-electron chi connectivity index (χ2n) is 7.29. The molecule has 1 saturated heterocycles. The molecular weight excluding hydrogens is 352 g/mol. The van der Waals surface area contributed by atoms with E-state index < -0.39 is 5.54 Å². The monoisotopic (exact) mass is 378 g/mol. The maximum atomic E-state index is 6.41. The molecule has 0 radical (unpaired) electrons. The predicted molar refractivity (Wildman–Crippen MR) is 101 cm³/mol. The van der Waals surface area contributed by atoms with Crippen LogP contribution in [0.2, 0.25) is 0 Å². The summed E-state index contributed by atoms with van der Waals surface area (Å²) in [4.78, 5) is 6.98. The van der Waals surface area contributed by atoms with Gasteiger partial charge in [-0.3, -0.25) is 4.90 Å². The molecule has 2 aromatic rings. The van der Waals surface area contributed by atoms with Crippen molar-refractivity contribution in [2.45, 2.75) is 50.3 Å². The van der Waals surface area contributed by atoms with Crippen molar-refractivity contribution in [3.63, 3.8) is 0 Å². The maximum Gasteiger partial charge on any atom is 0.229 e. The highest BCUT2D eigenvalue weighted by molar-refractivity contribution is 5.85. The van der Waals surface area contributed by atoms with Crippen molar-refractivity contribution in [3.8, 4) is 0 Å². The van der Waals surface area contributed by atoms with Crippen LogP contribution in [0.3, 0.4) is 0 Å². The number of hydrogen-bond acceptors (Lipinski definition) is 6. The average Bonchev–Trinajstić information content (AvgIpc) is 3.26. The first-order valence-corrected chi connectivity index (χ1v) is 9.21. The van der Waals surface area contributed by atoms with E-state index in [1.54, 1.807) is 0 Å². The molecule has 1 atom stereocenters. The Balaban J connectivity index is 0.00000196. The topological polar surface area (TPSA) is 77.4 Å². The summed E-state index contributed by atoms with van der Waals surface area (Å²) in [5.74, 6) is 1.30. The van der Waals surface area contributed by atoms with Gasteiger partial charge < -0.3 is 15.0 Å². The van der Waals surface area contributed by atoms with Crippen LogP contribution >= 0.6 is 12.4 Å². The molecule has 0 bridgehead atoms. The summed E-state index contributed by atoms with van der Waals surface area (Å²) in [6, 6.07) is 10.5. The third-order valence-corrected chi connectivity index (χ3v) is 5.28. The summed E-state index contributed by atoms with van der Waals surface area (Å²) in [7, 11) is 0.